The van der Waals surface area contributed by atoms with Crippen molar-refractivity contribution in [1.82, 2.24) is 4.57 Å². The van der Waals surface area contributed by atoms with E-state index in [4.69, 9.17) is 14.7 Å². The molecule has 1 aromatic carbocycles. The molecule has 0 saturated carbocycles. The lowest BCUT2D eigenvalue weighted by atomic mass is 10.2. The Morgan fingerprint density at radius 1 is 1.19 bits per heavy atom. The van der Waals surface area contributed by atoms with E-state index < -0.39 is 0 Å². The lowest BCUT2D eigenvalue weighted by molar-refractivity contribution is 0.277. The van der Waals surface area contributed by atoms with Gasteiger partial charge in [-0.1, -0.05) is 12.1 Å². The maximum Gasteiger partial charge on any atom is 0.268 e. The van der Waals surface area contributed by atoms with Crippen molar-refractivity contribution in [3.63, 3.8) is 0 Å². The number of hydrogen-bond acceptors (Lipinski definition) is 4. The number of pyridine rings is 1. The minimum absolute atomic E-state index is 0.137. The number of benzene rings is 1. The van der Waals surface area contributed by atoms with Crippen molar-refractivity contribution in [2.45, 2.75) is 13.5 Å². The van der Waals surface area contributed by atoms with E-state index >= 15 is 0 Å². The Morgan fingerprint density at radius 2 is 1.90 bits per heavy atom. The monoisotopic (exact) mass is 284 g/mol. The zero-order valence-corrected chi connectivity index (χ0v) is 12.0. The van der Waals surface area contributed by atoms with Gasteiger partial charge in [0.25, 0.3) is 5.56 Å². The van der Waals surface area contributed by atoms with Crippen molar-refractivity contribution in [3.8, 4) is 17.6 Å². The van der Waals surface area contributed by atoms with E-state index in [1.807, 2.05) is 31.2 Å². The minimum atomic E-state index is -0.291. The van der Waals surface area contributed by atoms with Crippen LogP contribution in [0.4, 0.5) is 0 Å². The summed E-state index contributed by atoms with van der Waals surface area (Å²) < 4.78 is 12.4. The Labute approximate surface area is 123 Å². The zero-order chi connectivity index (χ0) is 15.2. The number of nitrogens with zero attached hydrogens (tertiary/aromatic N) is 2. The van der Waals surface area contributed by atoms with Gasteiger partial charge in [-0.05, 0) is 31.2 Å². The molecule has 21 heavy (non-hydrogen) atoms. The first kappa shape index (κ1) is 14.7. The van der Waals surface area contributed by atoms with Gasteiger partial charge in [0.1, 0.15) is 18.2 Å². The van der Waals surface area contributed by atoms with Gasteiger partial charge in [0, 0.05) is 5.69 Å². The van der Waals surface area contributed by atoms with Gasteiger partial charge in [0.15, 0.2) is 11.5 Å². The molecule has 0 atom stereocenters. The van der Waals surface area contributed by atoms with Crippen LogP contribution in [0.3, 0.4) is 0 Å². The highest BCUT2D eigenvalue weighted by Crippen LogP contribution is 2.25. The summed E-state index contributed by atoms with van der Waals surface area (Å²) in [4.78, 5) is 12.0. The van der Waals surface area contributed by atoms with Crippen LogP contribution in [0, 0.1) is 18.3 Å². The number of aryl methyl sites for hydroxylation is 1. The molecule has 5 nitrogen and oxygen atoms in total. The Hall–Kier alpha value is -2.74. The molecule has 1 aromatic heterocycles. The predicted molar refractivity (Wildman–Crippen MR) is 78.6 cm³/mol. The molecule has 0 saturated heterocycles. The molecule has 0 aliphatic heterocycles. The fourth-order valence-electron chi connectivity index (χ4n) is 2.02. The molecule has 1 heterocycles. The van der Waals surface area contributed by atoms with Crippen molar-refractivity contribution in [3.05, 3.63) is 58.0 Å². The summed E-state index contributed by atoms with van der Waals surface area (Å²) >= 11 is 0. The van der Waals surface area contributed by atoms with Crippen LogP contribution >= 0.6 is 0 Å². The van der Waals surface area contributed by atoms with E-state index in [-0.39, 0.29) is 11.1 Å². The second kappa shape index (κ2) is 6.62. The van der Waals surface area contributed by atoms with Gasteiger partial charge in [-0.25, -0.2) is 0 Å². The van der Waals surface area contributed by atoms with Crippen molar-refractivity contribution >= 4 is 0 Å². The van der Waals surface area contributed by atoms with E-state index in [1.165, 1.54) is 10.6 Å². The Bertz CT molecular complexity index is 729. The fourth-order valence-corrected chi connectivity index (χ4v) is 2.02. The van der Waals surface area contributed by atoms with Crippen LogP contribution in [0.2, 0.25) is 0 Å². The van der Waals surface area contributed by atoms with E-state index in [1.54, 1.807) is 19.2 Å². The molecule has 0 unspecified atom stereocenters. The first-order chi connectivity index (χ1) is 10.2. The lowest BCUT2D eigenvalue weighted by Crippen LogP contribution is -2.26. The lowest BCUT2D eigenvalue weighted by Gasteiger charge is -2.13. The average molecular weight is 284 g/mol. The van der Waals surface area contributed by atoms with Crippen LogP contribution in [0.5, 0.6) is 11.5 Å². The maximum atomic E-state index is 12.0. The van der Waals surface area contributed by atoms with Crippen LogP contribution in [-0.4, -0.2) is 18.3 Å². The average Bonchev–Trinajstić information content (AvgIpc) is 2.51. The van der Waals surface area contributed by atoms with Gasteiger partial charge in [0.05, 0.1) is 13.7 Å². The summed E-state index contributed by atoms with van der Waals surface area (Å²) in [6, 6.07) is 12.5. The van der Waals surface area contributed by atoms with E-state index in [9.17, 15) is 4.79 Å². The van der Waals surface area contributed by atoms with Crippen LogP contribution in [0.15, 0.2) is 41.2 Å². The zero-order valence-electron chi connectivity index (χ0n) is 12.0. The Kier molecular flexibility index (Phi) is 4.62. The minimum Gasteiger partial charge on any atom is -0.493 e. The highest BCUT2D eigenvalue weighted by atomic mass is 16.5. The van der Waals surface area contributed by atoms with Crippen LogP contribution in [0.25, 0.3) is 0 Å². The molecule has 0 bridgehead atoms. The van der Waals surface area contributed by atoms with Crippen molar-refractivity contribution < 1.29 is 9.47 Å². The largest absolute Gasteiger partial charge is 0.493 e. The number of ether oxygens (including phenoxy) is 2. The smallest absolute Gasteiger partial charge is 0.268 e. The summed E-state index contributed by atoms with van der Waals surface area (Å²) in [7, 11) is 1.58. The van der Waals surface area contributed by atoms with Gasteiger partial charge < -0.3 is 14.0 Å². The first-order valence-electron chi connectivity index (χ1n) is 6.53. The SMILES string of the molecule is COc1ccccc1OCCn1c(C)ccc(C#N)c1=O. The standard InChI is InChI=1S/C16H16N2O3/c1-12-7-8-13(11-17)16(19)18(12)9-10-21-15-6-4-3-5-14(15)20-2/h3-8H,9-10H2,1-2H3. The second-order valence-electron chi connectivity index (χ2n) is 4.46. The van der Waals surface area contributed by atoms with Crippen LogP contribution < -0.4 is 15.0 Å². The first-order valence-corrected chi connectivity index (χ1v) is 6.53. The second-order valence-corrected chi connectivity index (χ2v) is 4.46. The Morgan fingerprint density at radius 3 is 2.57 bits per heavy atom. The van der Waals surface area contributed by atoms with E-state index in [0.29, 0.717) is 24.7 Å². The Balaban J connectivity index is 2.11. The van der Waals surface area contributed by atoms with E-state index in [2.05, 4.69) is 0 Å². The molecule has 5 heteroatoms. The number of para-hydroxylation sites is 2. The molecule has 0 fully saturated rings. The molecular formula is C16H16N2O3. The van der Waals surface area contributed by atoms with Gasteiger partial charge in [-0.15, -0.1) is 0 Å². The highest BCUT2D eigenvalue weighted by molar-refractivity contribution is 5.39. The number of methoxy groups -OCH3 is 1. The number of rotatable bonds is 5. The molecule has 108 valence electrons. The molecule has 2 rings (SSSR count). The molecule has 0 aliphatic rings. The topological polar surface area (TPSA) is 64.2 Å². The van der Waals surface area contributed by atoms with Crippen molar-refractivity contribution in [2.24, 2.45) is 0 Å². The van der Waals surface area contributed by atoms with Crippen molar-refractivity contribution in [1.29, 1.82) is 5.26 Å². The molecule has 0 spiro atoms. The number of aromatic nitrogens is 1. The molecule has 0 aliphatic carbocycles. The van der Waals surface area contributed by atoms with Crippen LogP contribution in [-0.2, 0) is 6.54 Å². The number of hydrogen-bond donors (Lipinski definition) is 0. The quantitative estimate of drug-likeness (QED) is 0.843. The molecule has 2 aromatic rings. The summed E-state index contributed by atoms with van der Waals surface area (Å²) in [6.07, 6.45) is 0. The normalized spacial score (nSPS) is 9.95. The van der Waals surface area contributed by atoms with Gasteiger partial charge in [-0.2, -0.15) is 5.26 Å². The summed E-state index contributed by atoms with van der Waals surface area (Å²) in [5.41, 5.74) is 0.640. The highest BCUT2D eigenvalue weighted by Gasteiger charge is 2.07. The van der Waals surface area contributed by atoms with Gasteiger partial charge in [0.2, 0.25) is 0 Å². The molecule has 0 amide bonds. The fraction of sp³-hybridized carbons (Fsp3) is 0.250. The number of nitriles is 1. The maximum absolute atomic E-state index is 12.0. The van der Waals surface area contributed by atoms with Crippen LogP contribution in [0.1, 0.15) is 11.3 Å². The molecular weight excluding hydrogens is 268 g/mol. The van der Waals surface area contributed by atoms with Gasteiger partial charge >= 0.3 is 0 Å². The summed E-state index contributed by atoms with van der Waals surface area (Å²) in [6.45, 7) is 2.51. The van der Waals surface area contributed by atoms with E-state index in [0.717, 1.165) is 5.69 Å². The summed E-state index contributed by atoms with van der Waals surface area (Å²) in [5, 5.41) is 8.89. The van der Waals surface area contributed by atoms with Gasteiger partial charge in [-0.3, -0.25) is 4.79 Å². The third-order valence-corrected chi connectivity index (χ3v) is 3.15. The molecule has 0 N–H and O–H groups in total. The third kappa shape index (κ3) is 3.23. The molecule has 0 radical (unpaired) electrons. The predicted octanol–water partition coefficient (Wildman–Crippen LogP) is 2.12. The summed E-state index contributed by atoms with van der Waals surface area (Å²) in [5.74, 6) is 1.27. The third-order valence-electron chi connectivity index (χ3n) is 3.15. The van der Waals surface area contributed by atoms with Crippen molar-refractivity contribution in [2.75, 3.05) is 13.7 Å².